The monoisotopic (exact) mass is 625 g/mol. The van der Waals surface area contributed by atoms with Crippen LogP contribution >= 0.6 is 0 Å². The predicted molar refractivity (Wildman–Crippen MR) is 201 cm³/mol. The molecular weight excluding hydrogens is 599 g/mol. The lowest BCUT2D eigenvalue weighted by molar-refractivity contribution is 0.669. The summed E-state index contributed by atoms with van der Waals surface area (Å²) in [4.78, 5) is 15.6. The van der Waals surface area contributed by atoms with Crippen molar-refractivity contribution in [3.8, 4) is 45.3 Å². The van der Waals surface area contributed by atoms with Gasteiger partial charge in [-0.3, -0.25) is 0 Å². The maximum absolute atomic E-state index is 6.26. The molecule has 0 aliphatic carbocycles. The van der Waals surface area contributed by atoms with Crippen LogP contribution in [-0.4, -0.2) is 15.0 Å². The number of furan rings is 1. The number of hydrogen-bond acceptors (Lipinski definition) is 4. The van der Waals surface area contributed by atoms with E-state index in [1.165, 1.54) is 21.7 Å². The maximum Gasteiger partial charge on any atom is 0.164 e. The fraction of sp³-hybridized carbons (Fsp3) is 0. The van der Waals surface area contributed by atoms with Gasteiger partial charge in [0.25, 0.3) is 0 Å². The van der Waals surface area contributed by atoms with Gasteiger partial charge in [-0.2, -0.15) is 0 Å². The zero-order valence-corrected chi connectivity index (χ0v) is 26.3. The molecule has 2 aromatic heterocycles. The van der Waals surface area contributed by atoms with Crippen molar-refractivity contribution >= 4 is 54.3 Å². The van der Waals surface area contributed by atoms with Gasteiger partial charge in [-0.1, -0.05) is 133 Å². The van der Waals surface area contributed by atoms with E-state index in [0.29, 0.717) is 17.5 Å². The van der Waals surface area contributed by atoms with Gasteiger partial charge < -0.3 is 4.42 Å². The second kappa shape index (κ2) is 11.0. The Morgan fingerprint density at radius 2 is 0.857 bits per heavy atom. The van der Waals surface area contributed by atoms with E-state index in [0.717, 1.165) is 60.4 Å². The lowest BCUT2D eigenvalue weighted by Gasteiger charge is -2.12. The van der Waals surface area contributed by atoms with Crippen LogP contribution in [0.4, 0.5) is 0 Å². The van der Waals surface area contributed by atoms with Gasteiger partial charge in [-0.15, -0.1) is 0 Å². The van der Waals surface area contributed by atoms with E-state index >= 15 is 0 Å². The molecule has 0 aliphatic rings. The molecule has 0 unspecified atom stereocenters. The summed E-state index contributed by atoms with van der Waals surface area (Å²) in [6.07, 6.45) is 0. The number of aromatic nitrogens is 3. The van der Waals surface area contributed by atoms with Crippen molar-refractivity contribution in [2.75, 3.05) is 0 Å². The molecule has 0 amide bonds. The third-order valence-electron chi connectivity index (χ3n) is 9.49. The molecule has 8 aromatic carbocycles. The molecule has 0 aliphatic heterocycles. The van der Waals surface area contributed by atoms with Crippen LogP contribution in [0.25, 0.3) is 99.5 Å². The van der Waals surface area contributed by atoms with Gasteiger partial charge in [0.05, 0.1) is 0 Å². The number of hydrogen-bond donors (Lipinski definition) is 0. The molecule has 4 nitrogen and oxygen atoms in total. The van der Waals surface area contributed by atoms with Gasteiger partial charge in [-0.25, -0.2) is 15.0 Å². The topological polar surface area (TPSA) is 51.8 Å². The van der Waals surface area contributed by atoms with Crippen LogP contribution in [0.3, 0.4) is 0 Å². The van der Waals surface area contributed by atoms with Gasteiger partial charge in [-0.05, 0) is 73.8 Å². The summed E-state index contributed by atoms with van der Waals surface area (Å²) in [5, 5.41) is 9.00. The largest absolute Gasteiger partial charge is 0.456 e. The van der Waals surface area contributed by atoms with Crippen molar-refractivity contribution in [1.29, 1.82) is 0 Å². The second-order valence-corrected chi connectivity index (χ2v) is 12.4. The first-order valence-corrected chi connectivity index (χ1v) is 16.4. The molecule has 0 N–H and O–H groups in total. The van der Waals surface area contributed by atoms with E-state index in [4.69, 9.17) is 19.4 Å². The summed E-state index contributed by atoms with van der Waals surface area (Å²) in [6, 6.07) is 57.1. The molecule has 0 radical (unpaired) electrons. The summed E-state index contributed by atoms with van der Waals surface area (Å²) in [5.74, 6) is 1.85. The second-order valence-electron chi connectivity index (χ2n) is 12.4. The number of nitrogens with zero attached hydrogens (tertiary/aromatic N) is 3. The SMILES string of the molecule is c1ccc2cc(-c3ccc4cccc(-c5nc(-c6ccc7ccccc7c6)nc(-c6cccc7oc8ccccc8c67)n5)c4c3)ccc2c1. The van der Waals surface area contributed by atoms with Gasteiger partial charge in [0, 0.05) is 27.5 Å². The molecule has 0 atom stereocenters. The average molecular weight is 626 g/mol. The first kappa shape index (κ1) is 27.5. The lowest BCUT2D eigenvalue weighted by atomic mass is 9.96. The number of benzene rings is 8. The van der Waals surface area contributed by atoms with Gasteiger partial charge in [0.15, 0.2) is 17.5 Å². The third-order valence-corrected chi connectivity index (χ3v) is 9.49. The third kappa shape index (κ3) is 4.65. The van der Waals surface area contributed by atoms with Crippen molar-refractivity contribution in [3.05, 3.63) is 164 Å². The van der Waals surface area contributed by atoms with E-state index in [9.17, 15) is 0 Å². The Balaban J connectivity index is 1.22. The Morgan fingerprint density at radius 1 is 0.327 bits per heavy atom. The van der Waals surface area contributed by atoms with Gasteiger partial charge in [0.1, 0.15) is 11.2 Å². The van der Waals surface area contributed by atoms with Crippen LogP contribution in [-0.2, 0) is 0 Å². The molecule has 2 heterocycles. The Morgan fingerprint density at radius 3 is 1.65 bits per heavy atom. The summed E-state index contributed by atoms with van der Waals surface area (Å²) in [5.41, 5.74) is 6.75. The van der Waals surface area contributed by atoms with Gasteiger partial charge in [0.2, 0.25) is 0 Å². The van der Waals surface area contributed by atoms with E-state index < -0.39 is 0 Å². The minimum Gasteiger partial charge on any atom is -0.456 e. The number of para-hydroxylation sites is 1. The van der Waals surface area contributed by atoms with Crippen LogP contribution in [0.15, 0.2) is 168 Å². The van der Waals surface area contributed by atoms with Crippen LogP contribution < -0.4 is 0 Å². The van der Waals surface area contributed by atoms with Crippen LogP contribution in [0, 0.1) is 0 Å². The highest BCUT2D eigenvalue weighted by Gasteiger charge is 2.19. The van der Waals surface area contributed by atoms with E-state index in [-0.39, 0.29) is 0 Å². The molecule has 49 heavy (non-hydrogen) atoms. The van der Waals surface area contributed by atoms with E-state index in [1.54, 1.807) is 0 Å². The van der Waals surface area contributed by atoms with Crippen molar-refractivity contribution in [1.82, 2.24) is 15.0 Å². The average Bonchev–Trinajstić information content (AvgIpc) is 3.56. The summed E-state index contributed by atoms with van der Waals surface area (Å²) in [6.45, 7) is 0. The molecular formula is C45H27N3O. The van der Waals surface area contributed by atoms with Crippen molar-refractivity contribution < 1.29 is 4.42 Å². The Hall–Kier alpha value is -6.65. The maximum atomic E-state index is 6.26. The fourth-order valence-electron chi connectivity index (χ4n) is 7.05. The highest BCUT2D eigenvalue weighted by atomic mass is 16.3. The highest BCUT2D eigenvalue weighted by Crippen LogP contribution is 2.38. The molecule has 0 bridgehead atoms. The van der Waals surface area contributed by atoms with Crippen molar-refractivity contribution in [3.63, 3.8) is 0 Å². The van der Waals surface area contributed by atoms with Crippen LogP contribution in [0.1, 0.15) is 0 Å². The first-order valence-electron chi connectivity index (χ1n) is 16.4. The molecule has 228 valence electrons. The molecule has 0 fully saturated rings. The number of rotatable bonds is 4. The zero-order chi connectivity index (χ0) is 32.3. The zero-order valence-electron chi connectivity index (χ0n) is 26.3. The standard InChI is InChI=1S/C45H27N3O/c1-3-11-31-25-33(22-19-28(31)9-1)34-23-21-30-13-7-15-36(39(30)27-34)44-46-43(35-24-20-29-10-2-4-12-32(29)26-35)47-45(48-44)38-16-8-18-41-42(38)37-14-5-6-17-40(37)49-41/h1-27H. The normalized spacial score (nSPS) is 11.7. The lowest BCUT2D eigenvalue weighted by Crippen LogP contribution is -2.01. The van der Waals surface area contributed by atoms with Crippen molar-refractivity contribution in [2.24, 2.45) is 0 Å². The van der Waals surface area contributed by atoms with Crippen LogP contribution in [0.2, 0.25) is 0 Å². The molecule has 0 saturated heterocycles. The van der Waals surface area contributed by atoms with E-state index in [1.807, 2.05) is 30.3 Å². The summed E-state index contributed by atoms with van der Waals surface area (Å²) < 4.78 is 6.26. The van der Waals surface area contributed by atoms with E-state index in [2.05, 4.69) is 133 Å². The Kier molecular flexibility index (Phi) is 6.15. The van der Waals surface area contributed by atoms with Gasteiger partial charge >= 0.3 is 0 Å². The molecule has 4 heteroatoms. The smallest absolute Gasteiger partial charge is 0.164 e. The molecule has 10 rings (SSSR count). The quantitative estimate of drug-likeness (QED) is 0.195. The van der Waals surface area contributed by atoms with Crippen LogP contribution in [0.5, 0.6) is 0 Å². The number of fused-ring (bicyclic) bond motifs is 6. The summed E-state index contributed by atoms with van der Waals surface area (Å²) in [7, 11) is 0. The minimum atomic E-state index is 0.605. The minimum absolute atomic E-state index is 0.605. The molecule has 0 spiro atoms. The highest BCUT2D eigenvalue weighted by molar-refractivity contribution is 6.12. The summed E-state index contributed by atoms with van der Waals surface area (Å²) >= 11 is 0. The molecule has 10 aromatic rings. The molecule has 0 saturated carbocycles. The fourth-order valence-corrected chi connectivity index (χ4v) is 7.05. The Bertz CT molecular complexity index is 2900. The Labute approximate surface area is 282 Å². The van der Waals surface area contributed by atoms with Crippen molar-refractivity contribution in [2.45, 2.75) is 0 Å². The predicted octanol–water partition coefficient (Wildman–Crippen LogP) is 11.9. The first-order chi connectivity index (χ1) is 24.2.